The molecule has 0 radical (unpaired) electrons. The first-order valence-electron chi connectivity index (χ1n) is 9.91. The molecule has 0 saturated heterocycles. The molecule has 0 saturated carbocycles. The molecule has 0 heterocycles. The van der Waals surface area contributed by atoms with Crippen LogP contribution in [0.25, 0.3) is 0 Å². The van der Waals surface area contributed by atoms with E-state index in [-0.39, 0.29) is 21.7 Å². The van der Waals surface area contributed by atoms with E-state index >= 15 is 0 Å². The lowest BCUT2D eigenvalue weighted by atomic mass is 10.2. The molecular formula is C20H40N2O4Si. The minimum atomic E-state index is -2.73. The Morgan fingerprint density at radius 1 is 0.741 bits per heavy atom. The molecule has 0 rings (SSSR count). The molecule has 0 aliphatic carbocycles. The summed E-state index contributed by atoms with van der Waals surface area (Å²) in [7, 11) is -2.73. The number of amides is 2. The highest BCUT2D eigenvalue weighted by Crippen LogP contribution is 2.62. The summed E-state index contributed by atoms with van der Waals surface area (Å²) >= 11 is 0. The van der Waals surface area contributed by atoms with Crippen molar-refractivity contribution in [2.45, 2.75) is 110 Å². The molecule has 0 fully saturated rings. The Morgan fingerprint density at radius 3 is 1.59 bits per heavy atom. The van der Waals surface area contributed by atoms with E-state index in [2.05, 4.69) is 79.5 Å². The van der Waals surface area contributed by atoms with Gasteiger partial charge < -0.3 is 9.16 Å². The molecule has 6 nitrogen and oxygen atoms in total. The van der Waals surface area contributed by atoms with E-state index in [1.165, 1.54) is 0 Å². The van der Waals surface area contributed by atoms with Gasteiger partial charge in [-0.15, -0.1) is 0 Å². The number of nitrogens with zero attached hydrogens (tertiary/aromatic N) is 2. The van der Waals surface area contributed by atoms with Crippen LogP contribution in [-0.2, 0) is 9.16 Å². The van der Waals surface area contributed by atoms with Gasteiger partial charge in [-0.05, 0) is 21.5 Å². The fourth-order valence-electron chi connectivity index (χ4n) is 4.78. The monoisotopic (exact) mass is 400 g/mol. The van der Waals surface area contributed by atoms with Crippen molar-refractivity contribution in [1.82, 2.24) is 0 Å². The lowest BCUT2D eigenvalue weighted by Gasteiger charge is -2.56. The Bertz CT molecular complexity index is 490. The van der Waals surface area contributed by atoms with Crippen molar-refractivity contribution in [3.63, 3.8) is 0 Å². The van der Waals surface area contributed by atoms with Crippen LogP contribution in [-0.4, -0.2) is 27.1 Å². The van der Waals surface area contributed by atoms with Crippen molar-refractivity contribution in [3.05, 3.63) is 0 Å². The Kier molecular flexibility index (Phi) is 9.35. The maximum absolute atomic E-state index is 12.5. The van der Waals surface area contributed by atoms with Gasteiger partial charge in [0.05, 0.1) is 6.61 Å². The Morgan fingerprint density at radius 2 is 1.19 bits per heavy atom. The number of carbonyl (C=O) groups excluding carboxylic acids is 2. The molecule has 0 aliphatic rings. The molecule has 27 heavy (non-hydrogen) atoms. The molecule has 7 heteroatoms. The van der Waals surface area contributed by atoms with Crippen molar-refractivity contribution in [1.29, 1.82) is 0 Å². The van der Waals surface area contributed by atoms with E-state index in [1.54, 1.807) is 0 Å². The Balaban J connectivity index is 5.21. The average molecular weight is 401 g/mol. The first-order chi connectivity index (χ1) is 12.1. The summed E-state index contributed by atoms with van der Waals surface area (Å²) in [5.74, 6) is 0. The third-order valence-electron chi connectivity index (χ3n) is 4.85. The molecule has 0 aliphatic heterocycles. The van der Waals surface area contributed by atoms with E-state index in [1.807, 2.05) is 0 Å². The van der Waals surface area contributed by atoms with Crippen molar-refractivity contribution >= 4 is 20.5 Å². The first-order valence-corrected chi connectivity index (χ1v) is 11.8. The number of azo groups is 1. The van der Waals surface area contributed by atoms with Gasteiger partial charge in [0.2, 0.25) is 0 Å². The minimum absolute atomic E-state index is 0.228. The maximum Gasteiger partial charge on any atom is 0.452 e. The largest absolute Gasteiger partial charge is 0.499 e. The molecule has 0 unspecified atom stereocenters. The second kappa shape index (κ2) is 9.80. The van der Waals surface area contributed by atoms with Crippen LogP contribution >= 0.6 is 0 Å². The van der Waals surface area contributed by atoms with Gasteiger partial charge >= 0.3 is 12.2 Å². The van der Waals surface area contributed by atoms with Crippen LogP contribution in [0, 0.1) is 0 Å². The van der Waals surface area contributed by atoms with Gasteiger partial charge in [-0.25, -0.2) is 9.59 Å². The molecule has 2 amide bonds. The fourth-order valence-corrected chi connectivity index (χ4v) is 12.8. The summed E-state index contributed by atoms with van der Waals surface area (Å²) in [5.41, 5.74) is 0. The maximum atomic E-state index is 12.5. The summed E-state index contributed by atoms with van der Waals surface area (Å²) < 4.78 is 11.0. The smallest absolute Gasteiger partial charge is 0.452 e. The van der Waals surface area contributed by atoms with E-state index in [4.69, 9.17) is 9.16 Å². The molecular weight excluding hydrogens is 360 g/mol. The van der Waals surface area contributed by atoms with Gasteiger partial charge in [0.25, 0.3) is 8.32 Å². The van der Waals surface area contributed by atoms with Crippen molar-refractivity contribution in [2.75, 3.05) is 6.61 Å². The zero-order valence-corrected chi connectivity index (χ0v) is 20.1. The van der Waals surface area contributed by atoms with Crippen molar-refractivity contribution < 1.29 is 18.8 Å². The fraction of sp³-hybridized carbons (Fsp3) is 0.900. The number of rotatable bonds is 6. The highest BCUT2D eigenvalue weighted by molar-refractivity contribution is 6.83. The molecule has 0 N–H and O–H groups in total. The zero-order valence-electron chi connectivity index (χ0n) is 19.1. The molecule has 0 atom stereocenters. The van der Waals surface area contributed by atoms with E-state index in [0.717, 1.165) is 25.7 Å². The normalized spacial score (nSPS) is 13.7. The average Bonchev–Trinajstić information content (AvgIpc) is 2.46. The summed E-state index contributed by atoms with van der Waals surface area (Å²) in [6, 6.07) is 0. The number of carbonyl (C=O) groups is 2. The summed E-state index contributed by atoms with van der Waals surface area (Å²) in [6.07, 6.45) is 2.33. The lowest BCUT2D eigenvalue weighted by Crippen LogP contribution is -2.61. The van der Waals surface area contributed by atoms with Gasteiger partial charge in [-0.2, -0.15) is 0 Å². The summed E-state index contributed by atoms with van der Waals surface area (Å²) in [5, 5.41) is 6.19. The molecule has 0 spiro atoms. The topological polar surface area (TPSA) is 77.3 Å². The van der Waals surface area contributed by atoms with Crippen LogP contribution in [0.3, 0.4) is 0 Å². The SMILES string of the molecule is CCCCCCOC(=O)/N=N/C(=O)O[Si](C(C)(C)C)(C(C)(C)C)C(C)(C)C. The van der Waals surface area contributed by atoms with Gasteiger partial charge in [0, 0.05) is 0 Å². The lowest BCUT2D eigenvalue weighted by molar-refractivity contribution is 0.151. The molecule has 0 aromatic heterocycles. The van der Waals surface area contributed by atoms with E-state index < -0.39 is 20.5 Å². The van der Waals surface area contributed by atoms with Crippen LogP contribution in [0.5, 0.6) is 0 Å². The van der Waals surface area contributed by atoms with Crippen LogP contribution in [0.15, 0.2) is 10.2 Å². The first kappa shape index (κ1) is 25.8. The second-order valence-corrected chi connectivity index (χ2v) is 16.2. The highest BCUT2D eigenvalue weighted by Gasteiger charge is 2.64. The predicted octanol–water partition coefficient (Wildman–Crippen LogP) is 7.64. The molecule has 0 aromatic carbocycles. The van der Waals surface area contributed by atoms with Crippen molar-refractivity contribution in [3.8, 4) is 0 Å². The summed E-state index contributed by atoms with van der Waals surface area (Å²) in [6.45, 7) is 21.3. The Labute approximate surface area is 166 Å². The molecule has 0 bridgehead atoms. The van der Waals surface area contributed by atoms with Gasteiger partial charge in [-0.3, -0.25) is 0 Å². The van der Waals surface area contributed by atoms with E-state index in [0.29, 0.717) is 0 Å². The minimum Gasteiger partial charge on any atom is -0.499 e. The van der Waals surface area contributed by atoms with Gasteiger partial charge in [-0.1, -0.05) is 98.7 Å². The predicted molar refractivity (Wildman–Crippen MR) is 112 cm³/mol. The van der Waals surface area contributed by atoms with Crippen LogP contribution in [0.2, 0.25) is 15.1 Å². The summed E-state index contributed by atoms with van der Waals surface area (Å²) in [4.78, 5) is 24.1. The number of ether oxygens (including phenoxy) is 1. The third kappa shape index (κ3) is 7.01. The van der Waals surface area contributed by atoms with Gasteiger partial charge in [0.15, 0.2) is 0 Å². The van der Waals surface area contributed by atoms with Crippen molar-refractivity contribution in [2.24, 2.45) is 10.2 Å². The standard InChI is InChI=1S/C20H40N2O4Si/c1-11-12-13-14-15-25-16(23)21-22-17(24)26-27(18(2,3)4,19(5,6)7)20(8,9)10/h11-15H2,1-10H3/b22-21+. The van der Waals surface area contributed by atoms with Crippen LogP contribution in [0.1, 0.15) is 94.9 Å². The highest BCUT2D eigenvalue weighted by atomic mass is 28.4. The van der Waals surface area contributed by atoms with E-state index in [9.17, 15) is 9.59 Å². The second-order valence-electron chi connectivity index (χ2n) is 10.2. The number of hydrogen-bond donors (Lipinski definition) is 0. The number of hydrogen-bond acceptors (Lipinski definition) is 4. The Hall–Kier alpha value is -1.24. The third-order valence-corrected chi connectivity index (χ3v) is 11.7. The number of unbranched alkanes of at least 4 members (excludes halogenated alkanes) is 3. The quantitative estimate of drug-likeness (QED) is 0.261. The molecule has 158 valence electrons. The van der Waals surface area contributed by atoms with Gasteiger partial charge in [0.1, 0.15) is 0 Å². The molecule has 0 aromatic rings. The zero-order chi connectivity index (χ0) is 21.5. The van der Waals surface area contributed by atoms with Crippen LogP contribution in [0.4, 0.5) is 9.59 Å². The van der Waals surface area contributed by atoms with Crippen LogP contribution < -0.4 is 0 Å².